The topological polar surface area (TPSA) is 35.5 Å². The number of methoxy groups -OCH3 is 1. The number of allylic oxidation sites excluding steroid dienone is 1. The highest BCUT2D eigenvalue weighted by Gasteiger charge is 2.23. The molecule has 0 bridgehead atoms. The molecule has 90 valence electrons. The minimum absolute atomic E-state index is 0.215. The third-order valence-corrected chi connectivity index (χ3v) is 2.81. The van der Waals surface area contributed by atoms with E-state index in [0.29, 0.717) is 5.75 Å². The molecule has 0 heterocycles. The van der Waals surface area contributed by atoms with E-state index in [9.17, 15) is 4.79 Å². The third-order valence-electron chi connectivity index (χ3n) is 2.81. The molecule has 1 fully saturated rings. The molecule has 3 nitrogen and oxygen atoms in total. The monoisotopic (exact) mass is 232 g/mol. The summed E-state index contributed by atoms with van der Waals surface area (Å²) in [5.41, 5.74) is 1.34. The van der Waals surface area contributed by atoms with Crippen LogP contribution in [0.5, 0.6) is 5.75 Å². The molecule has 1 aliphatic carbocycles. The van der Waals surface area contributed by atoms with Crippen LogP contribution in [-0.4, -0.2) is 13.1 Å². The summed E-state index contributed by atoms with van der Waals surface area (Å²) in [5.74, 6) is 1.14. The maximum Gasteiger partial charge on any atom is 0.373 e. The predicted molar refractivity (Wildman–Crippen MR) is 64.8 cm³/mol. The second-order valence-electron chi connectivity index (χ2n) is 4.09. The van der Waals surface area contributed by atoms with E-state index in [1.165, 1.54) is 25.5 Å². The van der Waals surface area contributed by atoms with Crippen LogP contribution in [0, 0.1) is 0 Å². The molecule has 0 N–H and O–H groups in total. The second-order valence-corrected chi connectivity index (χ2v) is 4.09. The molecule has 0 saturated heterocycles. The van der Waals surface area contributed by atoms with E-state index in [0.717, 1.165) is 5.92 Å². The van der Waals surface area contributed by atoms with Gasteiger partial charge in [-0.15, -0.1) is 0 Å². The number of ether oxygens (including phenoxy) is 2. The first-order valence-electron chi connectivity index (χ1n) is 5.77. The molecular formula is C14H16O3. The fraction of sp³-hybridized carbons (Fsp3) is 0.357. The molecule has 0 radical (unpaired) electrons. The fourth-order valence-corrected chi connectivity index (χ4v) is 1.67. The summed E-state index contributed by atoms with van der Waals surface area (Å²) in [6, 6.07) is 7.88. The summed E-state index contributed by atoms with van der Waals surface area (Å²) in [5, 5.41) is 0. The van der Waals surface area contributed by atoms with Gasteiger partial charge in [0.15, 0.2) is 0 Å². The molecule has 2 rings (SSSR count). The van der Waals surface area contributed by atoms with Crippen molar-refractivity contribution in [1.82, 2.24) is 0 Å². The van der Waals surface area contributed by atoms with Gasteiger partial charge in [0.05, 0.1) is 7.11 Å². The van der Waals surface area contributed by atoms with Crippen molar-refractivity contribution in [2.75, 3.05) is 7.11 Å². The number of rotatable bonds is 4. The summed E-state index contributed by atoms with van der Waals surface area (Å²) in [6.07, 6.45) is 4.16. The molecule has 1 aromatic carbocycles. The Morgan fingerprint density at radius 1 is 1.29 bits per heavy atom. The van der Waals surface area contributed by atoms with E-state index < -0.39 is 5.97 Å². The molecule has 1 aromatic rings. The maximum atomic E-state index is 11.3. The molecule has 0 spiro atoms. The lowest BCUT2D eigenvalue weighted by Gasteiger charge is -2.08. The molecule has 17 heavy (non-hydrogen) atoms. The van der Waals surface area contributed by atoms with Crippen LogP contribution in [0.2, 0.25) is 0 Å². The third kappa shape index (κ3) is 2.87. The minimum atomic E-state index is -0.459. The number of carbonyl (C=O) groups excluding carboxylic acids is 1. The first kappa shape index (κ1) is 11.7. The molecule has 1 saturated carbocycles. The average Bonchev–Trinajstić information content (AvgIpc) is 3.20. The van der Waals surface area contributed by atoms with E-state index in [2.05, 4.69) is 16.9 Å². The van der Waals surface area contributed by atoms with Crippen LogP contribution in [0.4, 0.5) is 0 Å². The molecule has 0 unspecified atom stereocenters. The molecule has 0 aromatic heterocycles. The van der Waals surface area contributed by atoms with Gasteiger partial charge in [0.1, 0.15) is 5.75 Å². The van der Waals surface area contributed by atoms with Crippen LogP contribution < -0.4 is 4.74 Å². The zero-order chi connectivity index (χ0) is 12.3. The quantitative estimate of drug-likeness (QED) is 0.455. The van der Waals surface area contributed by atoms with Gasteiger partial charge in [0, 0.05) is 0 Å². The number of carbonyl (C=O) groups is 1. The number of hydrogen-bond acceptors (Lipinski definition) is 3. The van der Waals surface area contributed by atoms with E-state index in [1.807, 2.05) is 12.1 Å². The van der Waals surface area contributed by atoms with Gasteiger partial charge in [-0.2, -0.15) is 0 Å². The summed E-state index contributed by atoms with van der Waals surface area (Å²) in [6.45, 7) is 1.74. The highest BCUT2D eigenvalue weighted by molar-refractivity contribution is 5.86. The Kier molecular flexibility index (Phi) is 3.47. The van der Waals surface area contributed by atoms with Gasteiger partial charge in [-0.1, -0.05) is 12.1 Å². The lowest BCUT2D eigenvalue weighted by atomic mass is 10.1. The molecule has 1 aliphatic rings. The Morgan fingerprint density at radius 2 is 1.94 bits per heavy atom. The first-order valence-corrected chi connectivity index (χ1v) is 5.77. The molecule has 0 amide bonds. The predicted octanol–water partition coefficient (Wildman–Crippen LogP) is 3.02. The Hall–Kier alpha value is -1.77. The maximum absolute atomic E-state index is 11.3. The Bertz CT molecular complexity index is 427. The van der Waals surface area contributed by atoms with E-state index in [4.69, 9.17) is 4.74 Å². The largest absolute Gasteiger partial charge is 0.463 e. The van der Waals surface area contributed by atoms with Crippen LogP contribution in [-0.2, 0) is 9.53 Å². The van der Waals surface area contributed by atoms with Crippen LogP contribution in [0.1, 0.15) is 31.2 Å². The minimum Gasteiger partial charge on any atom is -0.463 e. The van der Waals surface area contributed by atoms with Gasteiger partial charge in [-0.3, -0.25) is 0 Å². The zero-order valence-corrected chi connectivity index (χ0v) is 10.1. The van der Waals surface area contributed by atoms with Gasteiger partial charge in [-0.05, 0) is 49.5 Å². The Morgan fingerprint density at radius 3 is 2.41 bits per heavy atom. The first-order chi connectivity index (χ1) is 8.24. The summed E-state index contributed by atoms with van der Waals surface area (Å²) in [7, 11) is 1.34. The van der Waals surface area contributed by atoms with Crippen LogP contribution >= 0.6 is 0 Å². The average molecular weight is 232 g/mol. The molecule has 3 heteroatoms. The van der Waals surface area contributed by atoms with Crippen LogP contribution in [0.3, 0.4) is 0 Å². The lowest BCUT2D eigenvalue weighted by Crippen LogP contribution is -2.10. The van der Waals surface area contributed by atoms with Crippen molar-refractivity contribution in [2.45, 2.75) is 25.7 Å². The SMILES string of the molecule is C/C=C(\Oc1ccc(C2CC2)cc1)C(=O)OC. The van der Waals surface area contributed by atoms with Crippen molar-refractivity contribution in [3.63, 3.8) is 0 Å². The van der Waals surface area contributed by atoms with Crippen molar-refractivity contribution in [3.05, 3.63) is 41.7 Å². The normalized spacial score (nSPS) is 15.5. The van der Waals surface area contributed by atoms with Crippen molar-refractivity contribution >= 4 is 5.97 Å². The van der Waals surface area contributed by atoms with Crippen molar-refractivity contribution in [1.29, 1.82) is 0 Å². The fourth-order valence-electron chi connectivity index (χ4n) is 1.67. The highest BCUT2D eigenvalue weighted by atomic mass is 16.6. The summed E-state index contributed by atoms with van der Waals surface area (Å²) >= 11 is 0. The summed E-state index contributed by atoms with van der Waals surface area (Å²) < 4.78 is 10.1. The summed E-state index contributed by atoms with van der Waals surface area (Å²) in [4.78, 5) is 11.3. The van der Waals surface area contributed by atoms with Crippen LogP contribution in [0.15, 0.2) is 36.1 Å². The molecule has 0 aliphatic heterocycles. The zero-order valence-electron chi connectivity index (χ0n) is 10.1. The van der Waals surface area contributed by atoms with Gasteiger partial charge in [-0.25, -0.2) is 4.79 Å². The van der Waals surface area contributed by atoms with Crippen molar-refractivity contribution in [3.8, 4) is 5.75 Å². The van der Waals surface area contributed by atoms with Gasteiger partial charge < -0.3 is 9.47 Å². The number of hydrogen-bond donors (Lipinski definition) is 0. The van der Waals surface area contributed by atoms with Gasteiger partial charge in [0.2, 0.25) is 5.76 Å². The van der Waals surface area contributed by atoms with Gasteiger partial charge in [0.25, 0.3) is 0 Å². The molecular weight excluding hydrogens is 216 g/mol. The van der Waals surface area contributed by atoms with E-state index >= 15 is 0 Å². The van der Waals surface area contributed by atoms with Crippen LogP contribution in [0.25, 0.3) is 0 Å². The smallest absolute Gasteiger partial charge is 0.373 e. The number of esters is 1. The second kappa shape index (κ2) is 5.04. The van der Waals surface area contributed by atoms with Crippen molar-refractivity contribution in [2.24, 2.45) is 0 Å². The standard InChI is InChI=1S/C14H16O3/c1-3-13(14(15)16-2)17-12-8-6-11(7-9-12)10-4-5-10/h3,6-10H,4-5H2,1-2H3/b13-3-. The highest BCUT2D eigenvalue weighted by Crippen LogP contribution is 2.40. The lowest BCUT2D eigenvalue weighted by molar-refractivity contribution is -0.138. The van der Waals surface area contributed by atoms with E-state index in [-0.39, 0.29) is 5.76 Å². The Labute approximate surface area is 101 Å². The number of benzene rings is 1. The van der Waals surface area contributed by atoms with E-state index in [1.54, 1.807) is 13.0 Å². The van der Waals surface area contributed by atoms with Gasteiger partial charge >= 0.3 is 5.97 Å². The van der Waals surface area contributed by atoms with Crippen molar-refractivity contribution < 1.29 is 14.3 Å². The molecule has 0 atom stereocenters. The Balaban J connectivity index is 2.04.